The van der Waals surface area contributed by atoms with E-state index >= 15 is 0 Å². The number of nitrogens with two attached hydrogens (primary N) is 2. The van der Waals surface area contributed by atoms with E-state index in [1.807, 2.05) is 0 Å². The quantitative estimate of drug-likeness (QED) is 0.556. The van der Waals surface area contributed by atoms with Crippen LogP contribution in [0.2, 0.25) is 0 Å². The molecule has 0 aliphatic carbocycles. The molecular weight excluding hydrogens is 318 g/mol. The van der Waals surface area contributed by atoms with Crippen molar-refractivity contribution in [2.45, 2.75) is 16.3 Å². The minimum atomic E-state index is -3.80. The van der Waals surface area contributed by atoms with Gasteiger partial charge in [0.1, 0.15) is 10.7 Å². The molecule has 0 radical (unpaired) electrons. The van der Waals surface area contributed by atoms with Crippen LogP contribution in [0.3, 0.4) is 0 Å². The number of anilines is 1. The van der Waals surface area contributed by atoms with Crippen LogP contribution in [0.4, 0.5) is 5.82 Å². The van der Waals surface area contributed by atoms with E-state index in [1.165, 1.54) is 24.3 Å². The molecule has 9 nitrogen and oxygen atoms in total. The van der Waals surface area contributed by atoms with E-state index < -0.39 is 20.0 Å². The molecule has 1 aromatic carbocycles. The average Bonchev–Trinajstić information content (AvgIpc) is 2.83. The van der Waals surface area contributed by atoms with Crippen molar-refractivity contribution < 1.29 is 16.8 Å². The Hall–Kier alpha value is -1.95. The van der Waals surface area contributed by atoms with Gasteiger partial charge in [0.25, 0.3) is 0 Å². The van der Waals surface area contributed by atoms with Crippen molar-refractivity contribution in [2.24, 2.45) is 5.14 Å². The monoisotopic (exact) mass is 331 g/mol. The number of hydrogen-bond donors (Lipinski definition) is 4. The van der Waals surface area contributed by atoms with Gasteiger partial charge in [-0.3, -0.25) is 5.10 Å². The third-order valence-corrected chi connectivity index (χ3v) is 5.00. The summed E-state index contributed by atoms with van der Waals surface area (Å²) in [6, 6.07) is 5.51. The van der Waals surface area contributed by atoms with E-state index in [0.29, 0.717) is 5.56 Å². The number of nitrogens with one attached hydrogen (secondary N) is 2. The third-order valence-electron chi connectivity index (χ3n) is 2.64. The lowest BCUT2D eigenvalue weighted by Gasteiger charge is -2.06. The van der Waals surface area contributed by atoms with Gasteiger partial charge in [-0.2, -0.15) is 5.10 Å². The maximum Gasteiger partial charge on any atom is 0.246 e. The molecule has 6 N–H and O–H groups in total. The first-order valence-electron chi connectivity index (χ1n) is 5.60. The van der Waals surface area contributed by atoms with Crippen molar-refractivity contribution in [2.75, 3.05) is 5.73 Å². The molecule has 0 saturated carbocycles. The van der Waals surface area contributed by atoms with Gasteiger partial charge in [0.05, 0.1) is 11.1 Å². The van der Waals surface area contributed by atoms with E-state index in [4.69, 9.17) is 10.9 Å². The number of H-pyrrole nitrogens is 1. The predicted molar refractivity (Wildman–Crippen MR) is 74.8 cm³/mol. The molecule has 0 amide bonds. The molecular formula is C10H13N5O4S2. The van der Waals surface area contributed by atoms with Crippen LogP contribution in [0.1, 0.15) is 5.56 Å². The van der Waals surface area contributed by atoms with Gasteiger partial charge in [0.15, 0.2) is 0 Å². The van der Waals surface area contributed by atoms with Crippen molar-refractivity contribution in [3.05, 3.63) is 36.0 Å². The van der Waals surface area contributed by atoms with Crippen molar-refractivity contribution in [1.29, 1.82) is 0 Å². The number of nitrogen functional groups attached to an aromatic ring is 1. The summed E-state index contributed by atoms with van der Waals surface area (Å²) in [5, 5.41) is 10.8. The molecule has 0 unspecified atom stereocenters. The normalized spacial score (nSPS) is 12.4. The Bertz CT molecular complexity index is 840. The number of sulfonamides is 2. The van der Waals surface area contributed by atoms with Crippen LogP contribution in [0.15, 0.2) is 40.3 Å². The molecule has 1 heterocycles. The van der Waals surface area contributed by atoms with Gasteiger partial charge in [-0.15, -0.1) is 0 Å². The van der Waals surface area contributed by atoms with Crippen LogP contribution < -0.4 is 15.6 Å². The zero-order valence-electron chi connectivity index (χ0n) is 10.6. The number of nitrogens with zero attached hydrogens (tertiary/aromatic N) is 1. The molecule has 2 rings (SSSR count). The Labute approximate surface area is 121 Å². The fourth-order valence-electron chi connectivity index (χ4n) is 1.55. The Morgan fingerprint density at radius 2 is 1.76 bits per heavy atom. The van der Waals surface area contributed by atoms with Gasteiger partial charge in [0.2, 0.25) is 20.0 Å². The zero-order chi connectivity index (χ0) is 15.7. The van der Waals surface area contributed by atoms with Crippen LogP contribution >= 0.6 is 0 Å². The summed E-state index contributed by atoms with van der Waals surface area (Å²) in [4.78, 5) is -0.197. The lowest BCUT2D eigenvalue weighted by molar-refractivity contribution is 0.581. The summed E-state index contributed by atoms with van der Waals surface area (Å²) in [5.74, 6) is -0.0629. The average molecular weight is 331 g/mol. The fourth-order valence-corrected chi connectivity index (χ4v) is 3.11. The van der Waals surface area contributed by atoms with Crippen LogP contribution in [0.25, 0.3) is 0 Å². The molecule has 0 aliphatic rings. The summed E-state index contributed by atoms with van der Waals surface area (Å²) in [5.41, 5.74) is 6.01. The first-order chi connectivity index (χ1) is 9.70. The van der Waals surface area contributed by atoms with E-state index in [-0.39, 0.29) is 22.2 Å². The molecule has 21 heavy (non-hydrogen) atoms. The molecule has 2 aromatic rings. The van der Waals surface area contributed by atoms with Crippen molar-refractivity contribution >= 4 is 25.9 Å². The molecule has 0 aliphatic heterocycles. The first-order valence-corrected chi connectivity index (χ1v) is 8.63. The molecule has 0 fully saturated rings. The highest BCUT2D eigenvalue weighted by atomic mass is 32.2. The van der Waals surface area contributed by atoms with Gasteiger partial charge < -0.3 is 5.73 Å². The minimum Gasteiger partial charge on any atom is -0.383 e. The van der Waals surface area contributed by atoms with Crippen LogP contribution in [0, 0.1) is 0 Å². The Morgan fingerprint density at radius 3 is 2.24 bits per heavy atom. The number of aromatic amines is 1. The number of benzene rings is 1. The lowest BCUT2D eigenvalue weighted by Crippen LogP contribution is -2.23. The number of aromatic nitrogens is 2. The van der Waals surface area contributed by atoms with Gasteiger partial charge in [-0.1, -0.05) is 12.1 Å². The van der Waals surface area contributed by atoms with Crippen molar-refractivity contribution in [1.82, 2.24) is 14.9 Å². The molecule has 114 valence electrons. The van der Waals surface area contributed by atoms with Gasteiger partial charge >= 0.3 is 0 Å². The van der Waals surface area contributed by atoms with E-state index in [1.54, 1.807) is 0 Å². The summed E-state index contributed by atoms with van der Waals surface area (Å²) >= 11 is 0. The second-order valence-corrected chi connectivity index (χ2v) is 7.46. The maximum absolute atomic E-state index is 11.9. The van der Waals surface area contributed by atoms with Crippen molar-refractivity contribution in [3.8, 4) is 0 Å². The van der Waals surface area contributed by atoms with Gasteiger partial charge in [-0.25, -0.2) is 26.7 Å². The van der Waals surface area contributed by atoms with Gasteiger partial charge in [0, 0.05) is 6.54 Å². The van der Waals surface area contributed by atoms with E-state index in [9.17, 15) is 16.8 Å². The molecule has 0 spiro atoms. The standard InChI is InChI=1S/C10H13N5O4S2/c11-10-9(6-13-15-10)21(18,19)14-5-7-1-3-8(4-2-7)20(12,16)17/h1-4,6,14H,5H2,(H3,11,13,15)(H2,12,16,17). The SMILES string of the molecule is Nc1[nH]ncc1S(=O)(=O)NCc1ccc(S(N)(=O)=O)cc1. The van der Waals surface area contributed by atoms with Gasteiger partial charge in [-0.05, 0) is 17.7 Å². The molecule has 1 aromatic heterocycles. The molecule has 0 saturated heterocycles. The summed E-state index contributed by atoms with van der Waals surface area (Å²) in [6.07, 6.45) is 1.10. The largest absolute Gasteiger partial charge is 0.383 e. The maximum atomic E-state index is 11.9. The molecule has 11 heteroatoms. The molecule has 0 bridgehead atoms. The summed E-state index contributed by atoms with van der Waals surface area (Å²) in [6.45, 7) is -0.0299. The second kappa shape index (κ2) is 5.44. The smallest absolute Gasteiger partial charge is 0.246 e. The van der Waals surface area contributed by atoms with Crippen LogP contribution in [0.5, 0.6) is 0 Å². The number of hydrogen-bond acceptors (Lipinski definition) is 6. The highest BCUT2D eigenvalue weighted by Gasteiger charge is 2.18. The highest BCUT2D eigenvalue weighted by Crippen LogP contribution is 2.14. The number of primary sulfonamides is 1. The van der Waals surface area contributed by atoms with Crippen LogP contribution in [-0.4, -0.2) is 27.0 Å². The first kappa shape index (κ1) is 15.4. The predicted octanol–water partition coefficient (Wildman–Crippen LogP) is -0.882. The van der Waals surface area contributed by atoms with Crippen molar-refractivity contribution in [3.63, 3.8) is 0 Å². The molecule has 0 atom stereocenters. The topological polar surface area (TPSA) is 161 Å². The van der Waals surface area contributed by atoms with E-state index in [0.717, 1.165) is 6.20 Å². The Morgan fingerprint density at radius 1 is 1.14 bits per heavy atom. The number of rotatable bonds is 5. The zero-order valence-corrected chi connectivity index (χ0v) is 12.3. The fraction of sp³-hybridized carbons (Fsp3) is 0.100. The Balaban J connectivity index is 2.12. The van der Waals surface area contributed by atoms with Crippen LogP contribution in [-0.2, 0) is 26.6 Å². The second-order valence-electron chi connectivity index (χ2n) is 4.16. The van der Waals surface area contributed by atoms with E-state index in [2.05, 4.69) is 14.9 Å². The lowest BCUT2D eigenvalue weighted by atomic mass is 10.2. The highest BCUT2D eigenvalue weighted by molar-refractivity contribution is 7.89. The Kier molecular flexibility index (Phi) is 4.00. The summed E-state index contributed by atoms with van der Waals surface area (Å²) in [7, 11) is -7.57. The third kappa shape index (κ3) is 3.58. The summed E-state index contributed by atoms with van der Waals surface area (Å²) < 4.78 is 48.4. The minimum absolute atomic E-state index is 0.0299.